The largest absolute Gasteiger partial charge is 0.375 e. The molecular formula is C34H58N6O5S2. The summed E-state index contributed by atoms with van der Waals surface area (Å²) >= 11 is 3.45. The number of anilines is 1. The molecule has 0 bridgehead atoms. The van der Waals surface area contributed by atoms with Crippen molar-refractivity contribution < 1.29 is 18.9 Å². The third kappa shape index (κ3) is 11.5. The maximum absolute atomic E-state index is 12.3. The fourth-order valence-electron chi connectivity index (χ4n) is 5.46. The van der Waals surface area contributed by atoms with Crippen molar-refractivity contribution in [1.82, 2.24) is 19.4 Å². The van der Waals surface area contributed by atoms with Gasteiger partial charge in [0, 0.05) is 48.6 Å². The monoisotopic (exact) mass is 694 g/mol. The Hall–Kier alpha value is -2.03. The average Bonchev–Trinajstić information content (AvgIpc) is 3.65. The van der Waals surface area contributed by atoms with E-state index in [1.807, 2.05) is 44.9 Å². The summed E-state index contributed by atoms with van der Waals surface area (Å²) < 4.78 is 24.8. The molecule has 0 saturated carbocycles. The first-order valence-corrected chi connectivity index (χ1v) is 19.0. The summed E-state index contributed by atoms with van der Waals surface area (Å²) in [5.41, 5.74) is -0.221. The summed E-state index contributed by atoms with van der Waals surface area (Å²) in [5.74, 6) is 4.03. The number of hydrogen-bond acceptors (Lipinski definition) is 12. The van der Waals surface area contributed by atoms with E-state index in [0.717, 1.165) is 29.7 Å². The zero-order valence-corrected chi connectivity index (χ0v) is 31.9. The number of hydrogen-bond donors (Lipinski definition) is 0. The molecule has 0 radical (unpaired) electrons. The number of rotatable bonds is 13. The molecule has 11 nitrogen and oxygen atoms in total. The van der Waals surface area contributed by atoms with Gasteiger partial charge in [-0.25, -0.2) is 9.79 Å². The molecule has 0 unspecified atom stereocenters. The van der Waals surface area contributed by atoms with Crippen molar-refractivity contribution in [2.24, 2.45) is 4.99 Å². The first-order chi connectivity index (χ1) is 22.2. The number of thioether (sulfide) groups is 2. The van der Waals surface area contributed by atoms with Gasteiger partial charge in [0.15, 0.2) is 0 Å². The van der Waals surface area contributed by atoms with Gasteiger partial charge >= 0.3 is 5.69 Å². The number of ether oxygens (including phenoxy) is 4. The molecule has 4 heterocycles. The zero-order valence-electron chi connectivity index (χ0n) is 30.3. The topological polar surface area (TPSA) is 93.9 Å². The van der Waals surface area contributed by atoms with Gasteiger partial charge in [-0.3, -0.25) is 4.57 Å². The number of aromatic nitrogens is 2. The molecule has 13 heteroatoms. The highest BCUT2D eigenvalue weighted by Crippen LogP contribution is 2.32. The Morgan fingerprint density at radius 1 is 0.915 bits per heavy atom. The van der Waals surface area contributed by atoms with Crippen molar-refractivity contribution in [2.45, 2.75) is 130 Å². The fraction of sp³-hybridized carbons (Fsp3) is 0.735. The van der Waals surface area contributed by atoms with Gasteiger partial charge in [0.2, 0.25) is 0 Å². The smallest absolute Gasteiger partial charge is 0.351 e. The van der Waals surface area contributed by atoms with E-state index in [1.165, 1.54) is 0 Å². The lowest BCUT2D eigenvalue weighted by Gasteiger charge is -2.36. The maximum Gasteiger partial charge on any atom is 0.351 e. The highest BCUT2D eigenvalue weighted by atomic mass is 32.2. The molecule has 2 fully saturated rings. The SMILES string of the molecule is C=C1N=C(N(C(C)C)C(C)C)C=CN1[C@H]1CS[C@@H](COC(C)C)O1.CCN(c1ccn([C@H]2CS[C@@H](COC(C)C)O2)c(=O)n1)C(C)C. The minimum absolute atomic E-state index is 0.0308. The molecule has 0 amide bonds. The number of aliphatic imine (C=N–C) groups is 1. The Balaban J connectivity index is 0.000000256. The van der Waals surface area contributed by atoms with Crippen LogP contribution in [0, 0.1) is 0 Å². The second kappa shape index (κ2) is 18.7. The van der Waals surface area contributed by atoms with Crippen molar-refractivity contribution in [3.05, 3.63) is 47.4 Å². The fourth-order valence-corrected chi connectivity index (χ4v) is 7.46. The van der Waals surface area contributed by atoms with Crippen LogP contribution in [0.3, 0.4) is 0 Å². The van der Waals surface area contributed by atoms with E-state index < -0.39 is 0 Å². The molecule has 266 valence electrons. The summed E-state index contributed by atoms with van der Waals surface area (Å²) in [6, 6.07) is 2.97. The Bertz CT molecular complexity index is 1250. The molecule has 47 heavy (non-hydrogen) atoms. The second-order valence-electron chi connectivity index (χ2n) is 13.0. The van der Waals surface area contributed by atoms with E-state index in [9.17, 15) is 4.79 Å². The molecule has 1 aromatic rings. The van der Waals surface area contributed by atoms with Gasteiger partial charge in [0.1, 0.15) is 40.8 Å². The van der Waals surface area contributed by atoms with Crippen molar-refractivity contribution >= 4 is 35.2 Å². The standard InChI is InChI=1S/C18H31N3O2S.C16H27N3O3S/c1-12(2)21(13(3)4)16-8-9-20(15(7)19-16)17-11-24-18(23-17)10-22-14(5)6;1-6-18(11(2)3)13-7-8-19(16(20)17-13)14-10-23-15(22-14)9-21-12(4)5/h8-9,12-14,17-18H,7,10-11H2,1-6H3;7-8,11-12,14-15H,6,9-10H2,1-5H3/t17-,18+;14-,15+/m11/s1. The van der Waals surface area contributed by atoms with Crippen LogP contribution >= 0.6 is 23.5 Å². The molecule has 2 saturated heterocycles. The highest BCUT2D eigenvalue weighted by Gasteiger charge is 2.33. The van der Waals surface area contributed by atoms with Gasteiger partial charge in [-0.1, -0.05) is 6.58 Å². The van der Waals surface area contributed by atoms with Crippen LogP contribution < -0.4 is 10.6 Å². The molecule has 0 aromatic carbocycles. The van der Waals surface area contributed by atoms with E-state index in [-0.39, 0.29) is 41.2 Å². The Labute approximate surface area is 291 Å². The Morgan fingerprint density at radius 3 is 1.94 bits per heavy atom. The van der Waals surface area contributed by atoms with Crippen LogP contribution in [0.1, 0.15) is 82.4 Å². The minimum Gasteiger partial charge on any atom is -0.375 e. The number of amidine groups is 1. The molecule has 4 rings (SSSR count). The van der Waals surface area contributed by atoms with E-state index >= 15 is 0 Å². The summed E-state index contributed by atoms with van der Waals surface area (Å²) in [5, 5.41) is 0. The summed E-state index contributed by atoms with van der Waals surface area (Å²) in [7, 11) is 0. The van der Waals surface area contributed by atoms with Crippen LogP contribution in [0.25, 0.3) is 0 Å². The van der Waals surface area contributed by atoms with Crippen molar-refractivity contribution in [3.8, 4) is 0 Å². The van der Waals surface area contributed by atoms with Gasteiger partial charge in [-0.15, -0.1) is 23.5 Å². The summed E-state index contributed by atoms with van der Waals surface area (Å²) in [6.07, 6.45) is 5.98. The third-order valence-electron chi connectivity index (χ3n) is 7.60. The lowest BCUT2D eigenvalue weighted by atomic mass is 10.2. The van der Waals surface area contributed by atoms with E-state index in [1.54, 1.807) is 34.3 Å². The Morgan fingerprint density at radius 2 is 1.47 bits per heavy atom. The van der Waals surface area contributed by atoms with E-state index in [0.29, 0.717) is 37.2 Å². The predicted molar refractivity (Wildman–Crippen MR) is 196 cm³/mol. The van der Waals surface area contributed by atoms with Crippen LogP contribution in [0.15, 0.2) is 46.7 Å². The first-order valence-electron chi connectivity index (χ1n) is 16.9. The van der Waals surface area contributed by atoms with Crippen molar-refractivity contribution in [3.63, 3.8) is 0 Å². The number of nitrogens with zero attached hydrogens (tertiary/aromatic N) is 6. The van der Waals surface area contributed by atoms with Gasteiger partial charge in [0.05, 0.1) is 25.4 Å². The van der Waals surface area contributed by atoms with Crippen LogP contribution in [-0.2, 0) is 18.9 Å². The van der Waals surface area contributed by atoms with Crippen molar-refractivity contribution in [1.29, 1.82) is 0 Å². The van der Waals surface area contributed by atoms with Crippen molar-refractivity contribution in [2.75, 3.05) is 36.2 Å². The Kier molecular flexibility index (Phi) is 15.6. The van der Waals surface area contributed by atoms with Gasteiger partial charge in [-0.2, -0.15) is 4.98 Å². The zero-order chi connectivity index (χ0) is 34.8. The second-order valence-corrected chi connectivity index (χ2v) is 15.4. The highest BCUT2D eigenvalue weighted by molar-refractivity contribution is 8.00. The third-order valence-corrected chi connectivity index (χ3v) is 9.79. The molecule has 0 N–H and O–H groups in total. The van der Waals surface area contributed by atoms with Crippen LogP contribution in [0.2, 0.25) is 0 Å². The summed E-state index contributed by atoms with van der Waals surface area (Å²) in [6.45, 7) is 29.1. The lowest BCUT2D eigenvalue weighted by molar-refractivity contribution is -0.0490. The van der Waals surface area contributed by atoms with Crippen LogP contribution in [0.5, 0.6) is 0 Å². The van der Waals surface area contributed by atoms with E-state index in [4.69, 9.17) is 23.9 Å². The molecule has 4 atom stereocenters. The molecule has 3 aliphatic rings. The van der Waals surface area contributed by atoms with Gasteiger partial charge in [0.25, 0.3) is 0 Å². The normalized spacial score (nSPS) is 22.9. The maximum atomic E-state index is 12.3. The minimum atomic E-state index is -0.274. The quantitative estimate of drug-likeness (QED) is 0.239. The summed E-state index contributed by atoms with van der Waals surface area (Å²) in [4.78, 5) is 27.7. The first kappa shape index (κ1) is 39.4. The average molecular weight is 695 g/mol. The van der Waals surface area contributed by atoms with Crippen LogP contribution in [0.4, 0.5) is 5.82 Å². The predicted octanol–water partition coefficient (Wildman–Crippen LogP) is 6.14. The molecule has 0 spiro atoms. The van der Waals surface area contributed by atoms with E-state index in [2.05, 4.69) is 75.9 Å². The van der Waals surface area contributed by atoms with Gasteiger partial charge < -0.3 is 33.6 Å². The molecule has 1 aromatic heterocycles. The molecular weight excluding hydrogens is 637 g/mol. The molecule has 0 aliphatic carbocycles. The molecule has 3 aliphatic heterocycles. The lowest BCUT2D eigenvalue weighted by Crippen LogP contribution is -2.43. The van der Waals surface area contributed by atoms with Gasteiger partial charge in [-0.05, 0) is 88.3 Å². The van der Waals surface area contributed by atoms with Crippen LogP contribution in [-0.4, -0.2) is 104 Å².